The average molecular weight is 282 g/mol. The Morgan fingerprint density at radius 1 is 1.32 bits per heavy atom. The monoisotopic (exact) mass is 282 g/mol. The predicted octanol–water partition coefficient (Wildman–Crippen LogP) is -0.821. The molecule has 4 N–H and O–H groups in total. The minimum Gasteiger partial charge on any atom is -0.325 e. The fourth-order valence-electron chi connectivity index (χ4n) is 1.43. The lowest BCUT2D eigenvalue weighted by atomic mass is 10.4. The summed E-state index contributed by atoms with van der Waals surface area (Å²) < 4.78 is 26.3. The van der Waals surface area contributed by atoms with E-state index in [1.165, 1.54) is 18.6 Å². The van der Waals surface area contributed by atoms with Crippen LogP contribution in [0.3, 0.4) is 0 Å². The van der Waals surface area contributed by atoms with Gasteiger partial charge in [0, 0.05) is 25.7 Å². The summed E-state index contributed by atoms with van der Waals surface area (Å²) in [6, 6.07) is 3.07. The smallest absolute Gasteiger partial charge is 0.242 e. The lowest BCUT2D eigenvalue weighted by Gasteiger charge is -2.05. The number of pyridine rings is 1. The van der Waals surface area contributed by atoms with Crippen molar-refractivity contribution in [1.29, 1.82) is 0 Å². The maximum absolute atomic E-state index is 11.9. The van der Waals surface area contributed by atoms with Crippen LogP contribution in [0.15, 0.2) is 29.6 Å². The highest BCUT2D eigenvalue weighted by molar-refractivity contribution is 7.89. The summed E-state index contributed by atoms with van der Waals surface area (Å²) in [5.41, 5.74) is 6.04. The van der Waals surface area contributed by atoms with Crippen molar-refractivity contribution < 1.29 is 8.42 Å². The fraction of sp³-hybridized carbons (Fsp3) is 0.300. The van der Waals surface area contributed by atoms with Crippen molar-refractivity contribution in [2.75, 3.05) is 6.54 Å². The number of nitrogens with one attached hydrogen (secondary N) is 2. The van der Waals surface area contributed by atoms with E-state index < -0.39 is 10.0 Å². The number of nitrogens with two attached hydrogens (primary N) is 1. The van der Waals surface area contributed by atoms with Gasteiger partial charge in [-0.2, -0.15) is 5.10 Å². The molecule has 0 bridgehead atoms. The van der Waals surface area contributed by atoms with Crippen LogP contribution in [0.25, 0.3) is 0 Å². The van der Waals surface area contributed by atoms with Gasteiger partial charge in [-0.3, -0.25) is 10.1 Å². The summed E-state index contributed by atoms with van der Waals surface area (Å²) in [7, 11) is -3.55. The molecule has 2 aromatic rings. The molecule has 0 aliphatic carbocycles. The van der Waals surface area contributed by atoms with Gasteiger partial charge in [0.2, 0.25) is 10.0 Å². The third-order valence-corrected chi connectivity index (χ3v) is 3.88. The van der Waals surface area contributed by atoms with E-state index in [0.717, 1.165) is 0 Å². The highest BCUT2D eigenvalue weighted by atomic mass is 32.2. The molecule has 2 aromatic heterocycles. The normalized spacial score (nSPS) is 11.6. The second kappa shape index (κ2) is 5.87. The zero-order chi connectivity index (χ0) is 13.7. The Kier molecular flexibility index (Phi) is 4.20. The molecule has 0 saturated heterocycles. The molecule has 0 amide bonds. The molecule has 102 valence electrons. The maximum atomic E-state index is 11.9. The van der Waals surface area contributed by atoms with Crippen LogP contribution < -0.4 is 10.5 Å². The first-order chi connectivity index (χ1) is 9.12. The van der Waals surface area contributed by atoms with Crippen molar-refractivity contribution in [3.05, 3.63) is 36.2 Å². The highest BCUT2D eigenvalue weighted by Gasteiger charge is 2.13. The molecule has 0 fully saturated rings. The Morgan fingerprint density at radius 3 is 2.74 bits per heavy atom. The minimum absolute atomic E-state index is 0.113. The van der Waals surface area contributed by atoms with E-state index in [9.17, 15) is 8.42 Å². The largest absolute Gasteiger partial charge is 0.325 e. The molecular formula is C10H14N6O2S. The van der Waals surface area contributed by atoms with Crippen LogP contribution in [0.5, 0.6) is 0 Å². The first-order valence-corrected chi connectivity index (χ1v) is 7.09. The average Bonchev–Trinajstić information content (AvgIpc) is 2.92. The molecule has 0 aliphatic rings. The number of rotatable bonds is 6. The van der Waals surface area contributed by atoms with E-state index >= 15 is 0 Å². The zero-order valence-corrected chi connectivity index (χ0v) is 10.9. The summed E-state index contributed by atoms with van der Waals surface area (Å²) in [6.45, 7) is 0.509. The minimum atomic E-state index is -3.55. The number of hydrogen-bond acceptors (Lipinski definition) is 6. The Hall–Kier alpha value is -1.84. The Bertz CT molecular complexity index is 608. The Morgan fingerprint density at radius 2 is 2.16 bits per heavy atom. The number of aromatic amines is 1. The van der Waals surface area contributed by atoms with Crippen LogP contribution in [-0.4, -0.2) is 35.1 Å². The highest BCUT2D eigenvalue weighted by Crippen LogP contribution is 2.07. The molecule has 0 aliphatic heterocycles. The molecule has 8 nitrogen and oxygen atoms in total. The van der Waals surface area contributed by atoms with Gasteiger partial charge in [-0.1, -0.05) is 0 Å². The molecule has 9 heteroatoms. The number of nitrogens with zero attached hydrogens (tertiary/aromatic N) is 3. The molecule has 0 saturated carbocycles. The lowest BCUT2D eigenvalue weighted by molar-refractivity contribution is 0.580. The van der Waals surface area contributed by atoms with Gasteiger partial charge in [-0.25, -0.2) is 18.1 Å². The van der Waals surface area contributed by atoms with Crippen molar-refractivity contribution >= 4 is 10.0 Å². The SMILES string of the molecule is NCc1ccc(S(=O)(=O)NCCc2ncn[nH]2)cn1. The summed E-state index contributed by atoms with van der Waals surface area (Å²) in [5.74, 6) is 0.624. The maximum Gasteiger partial charge on any atom is 0.242 e. The summed E-state index contributed by atoms with van der Waals surface area (Å²) >= 11 is 0. The van der Waals surface area contributed by atoms with Gasteiger partial charge in [0.1, 0.15) is 17.0 Å². The topological polar surface area (TPSA) is 127 Å². The molecule has 2 heterocycles. The van der Waals surface area contributed by atoms with Crippen molar-refractivity contribution in [1.82, 2.24) is 24.9 Å². The van der Waals surface area contributed by atoms with Gasteiger partial charge in [0.15, 0.2) is 0 Å². The number of H-pyrrole nitrogens is 1. The summed E-state index contributed by atoms with van der Waals surface area (Å²) in [5, 5.41) is 6.34. The van der Waals surface area contributed by atoms with Crippen LogP contribution in [-0.2, 0) is 23.0 Å². The van der Waals surface area contributed by atoms with Crippen molar-refractivity contribution in [3.63, 3.8) is 0 Å². The summed E-state index contributed by atoms with van der Waals surface area (Å²) in [6.07, 6.45) is 3.10. The molecule has 0 radical (unpaired) electrons. The van der Waals surface area contributed by atoms with Crippen LogP contribution in [0.4, 0.5) is 0 Å². The molecule has 19 heavy (non-hydrogen) atoms. The third-order valence-electron chi connectivity index (χ3n) is 2.44. The van der Waals surface area contributed by atoms with Crippen LogP contribution >= 0.6 is 0 Å². The molecule has 0 atom stereocenters. The molecule has 0 aromatic carbocycles. The lowest BCUT2D eigenvalue weighted by Crippen LogP contribution is -2.26. The van der Waals surface area contributed by atoms with E-state index in [-0.39, 0.29) is 18.0 Å². The predicted molar refractivity (Wildman–Crippen MR) is 67.4 cm³/mol. The van der Waals surface area contributed by atoms with E-state index in [4.69, 9.17) is 5.73 Å². The van der Waals surface area contributed by atoms with Crippen LogP contribution in [0.1, 0.15) is 11.5 Å². The van der Waals surface area contributed by atoms with E-state index in [1.54, 1.807) is 6.07 Å². The van der Waals surface area contributed by atoms with Gasteiger partial charge in [0.05, 0.1) is 5.69 Å². The molecule has 0 unspecified atom stereocenters. The first kappa shape index (κ1) is 13.6. The Labute approximate surface area is 110 Å². The third kappa shape index (κ3) is 3.56. The van der Waals surface area contributed by atoms with Gasteiger partial charge in [-0.05, 0) is 12.1 Å². The number of hydrogen-bond donors (Lipinski definition) is 3. The molecular weight excluding hydrogens is 268 g/mol. The number of aromatic nitrogens is 4. The van der Waals surface area contributed by atoms with Crippen molar-refractivity contribution in [2.24, 2.45) is 5.73 Å². The van der Waals surface area contributed by atoms with Crippen LogP contribution in [0.2, 0.25) is 0 Å². The fourth-order valence-corrected chi connectivity index (χ4v) is 2.41. The van der Waals surface area contributed by atoms with Gasteiger partial charge < -0.3 is 5.73 Å². The summed E-state index contributed by atoms with van der Waals surface area (Å²) in [4.78, 5) is 7.97. The first-order valence-electron chi connectivity index (χ1n) is 5.61. The quantitative estimate of drug-likeness (QED) is 0.635. The number of sulfonamides is 1. The van der Waals surface area contributed by atoms with E-state index in [1.807, 2.05) is 0 Å². The zero-order valence-electron chi connectivity index (χ0n) is 10.1. The van der Waals surface area contributed by atoms with Gasteiger partial charge in [-0.15, -0.1) is 0 Å². The van der Waals surface area contributed by atoms with Gasteiger partial charge in [0.25, 0.3) is 0 Å². The van der Waals surface area contributed by atoms with E-state index in [2.05, 4.69) is 24.9 Å². The van der Waals surface area contributed by atoms with Crippen molar-refractivity contribution in [2.45, 2.75) is 17.9 Å². The van der Waals surface area contributed by atoms with Gasteiger partial charge >= 0.3 is 0 Å². The molecule has 2 rings (SSSR count). The van der Waals surface area contributed by atoms with Crippen molar-refractivity contribution in [3.8, 4) is 0 Å². The Balaban J connectivity index is 1.97. The van der Waals surface area contributed by atoms with Crippen LogP contribution in [0, 0.1) is 0 Å². The second-order valence-corrected chi connectivity index (χ2v) is 5.54. The standard InChI is InChI=1S/C10H14N6O2S/c11-5-8-1-2-9(6-12-8)19(17,18)15-4-3-10-13-7-14-16-10/h1-2,6-7,15H,3-5,11H2,(H,13,14,16). The van der Waals surface area contributed by atoms with E-state index in [0.29, 0.717) is 17.9 Å². The second-order valence-electron chi connectivity index (χ2n) is 3.77. The molecule has 0 spiro atoms.